The summed E-state index contributed by atoms with van der Waals surface area (Å²) in [5.41, 5.74) is 0. The van der Waals surface area contributed by atoms with Crippen LogP contribution in [0.25, 0.3) is 0 Å². The van der Waals surface area contributed by atoms with Crippen molar-refractivity contribution in [3.05, 3.63) is 0 Å². The molecular weight excluding hydrogens is 572 g/mol. The maximum atomic E-state index is 12.0. The third kappa shape index (κ3) is 43.4. The molecule has 0 aliphatic heterocycles. The molecule has 2 heteroatoms. The van der Waals surface area contributed by atoms with Crippen molar-refractivity contribution in [1.82, 2.24) is 0 Å². The van der Waals surface area contributed by atoms with Crippen LogP contribution in [0, 0.1) is 0 Å². The molecule has 2 nitrogen and oxygen atoms in total. The van der Waals surface area contributed by atoms with Gasteiger partial charge in [0.05, 0.1) is 6.61 Å². The molecule has 0 N–H and O–H groups in total. The minimum atomic E-state index is 0.0324. The normalized spacial score (nSPS) is 11.4. The van der Waals surface area contributed by atoms with Crippen molar-refractivity contribution in [2.75, 3.05) is 6.61 Å². The highest BCUT2D eigenvalue weighted by Gasteiger charge is 2.03. The number of ether oxygens (including phenoxy) is 1. The van der Waals surface area contributed by atoms with Gasteiger partial charge in [0, 0.05) is 6.42 Å². The van der Waals surface area contributed by atoms with Crippen LogP contribution >= 0.6 is 0 Å². The Hall–Kier alpha value is -0.530. The maximum Gasteiger partial charge on any atom is 0.305 e. The minimum absolute atomic E-state index is 0.0324. The molecule has 0 bridgehead atoms. The number of carbonyl (C=O) groups is 1. The summed E-state index contributed by atoms with van der Waals surface area (Å²) < 4.78 is 5.48. The summed E-state index contributed by atoms with van der Waals surface area (Å²) in [5, 5.41) is 0. The van der Waals surface area contributed by atoms with Crippen molar-refractivity contribution < 1.29 is 9.53 Å². The molecule has 0 saturated heterocycles. The van der Waals surface area contributed by atoms with Gasteiger partial charge in [0.1, 0.15) is 0 Å². The van der Waals surface area contributed by atoms with Crippen molar-refractivity contribution in [3.63, 3.8) is 0 Å². The molecule has 0 unspecified atom stereocenters. The van der Waals surface area contributed by atoms with Gasteiger partial charge >= 0.3 is 5.97 Å². The fourth-order valence-corrected chi connectivity index (χ4v) is 7.14. The summed E-state index contributed by atoms with van der Waals surface area (Å²) >= 11 is 0. The number of esters is 1. The van der Waals surface area contributed by atoms with Gasteiger partial charge in [-0.25, -0.2) is 0 Å². The van der Waals surface area contributed by atoms with Gasteiger partial charge < -0.3 is 4.74 Å². The van der Waals surface area contributed by atoms with E-state index in [9.17, 15) is 4.79 Å². The molecule has 0 fully saturated rings. The molecule has 0 aromatic carbocycles. The van der Waals surface area contributed by atoms with E-state index in [0.29, 0.717) is 13.0 Å². The van der Waals surface area contributed by atoms with Crippen LogP contribution in [0.4, 0.5) is 0 Å². The number of hydrogen-bond acceptors (Lipinski definition) is 2. The molecule has 47 heavy (non-hydrogen) atoms. The van der Waals surface area contributed by atoms with E-state index in [1.165, 1.54) is 244 Å². The number of unbranched alkanes of at least 4 members (excludes halogenated alkanes) is 38. The molecule has 0 atom stereocenters. The lowest BCUT2D eigenvalue weighted by molar-refractivity contribution is -0.143. The summed E-state index contributed by atoms with van der Waals surface area (Å²) in [5.74, 6) is 0.0324. The molecule has 0 rings (SSSR count). The zero-order valence-corrected chi connectivity index (χ0v) is 33.0. The average Bonchev–Trinajstić information content (AvgIpc) is 3.08. The first-order chi connectivity index (χ1) is 23.3. The SMILES string of the molecule is CCCCCCCCCCCCCCCCCCCCCCCCCC(=O)OCCCCCCCCCCCCCCCCCCC. The van der Waals surface area contributed by atoms with Gasteiger partial charge in [-0.2, -0.15) is 0 Å². The van der Waals surface area contributed by atoms with Gasteiger partial charge in [-0.05, 0) is 12.8 Å². The lowest BCUT2D eigenvalue weighted by atomic mass is 10.0. The third-order valence-electron chi connectivity index (χ3n) is 10.5. The predicted octanol–water partition coefficient (Wildman–Crippen LogP) is 16.6. The largest absolute Gasteiger partial charge is 0.466 e. The molecule has 0 heterocycles. The van der Waals surface area contributed by atoms with E-state index in [1.807, 2.05) is 0 Å². The summed E-state index contributed by atoms with van der Waals surface area (Å²) in [4.78, 5) is 12.0. The van der Waals surface area contributed by atoms with E-state index in [2.05, 4.69) is 13.8 Å². The lowest BCUT2D eigenvalue weighted by Crippen LogP contribution is -2.05. The standard InChI is InChI=1S/C45H90O2/c1-3-5-7-9-11-13-15-17-19-21-22-23-24-25-26-27-29-31-33-35-37-39-41-43-45(46)47-44-42-40-38-36-34-32-30-28-20-18-16-14-12-10-8-6-4-2/h3-44H2,1-2H3. The quantitative estimate of drug-likeness (QED) is 0.0480. The highest BCUT2D eigenvalue weighted by Crippen LogP contribution is 2.17. The van der Waals surface area contributed by atoms with Crippen molar-refractivity contribution in [2.45, 2.75) is 277 Å². The van der Waals surface area contributed by atoms with Gasteiger partial charge in [0.2, 0.25) is 0 Å². The Balaban J connectivity index is 3.14. The van der Waals surface area contributed by atoms with Crippen LogP contribution in [0.3, 0.4) is 0 Å². The Labute approximate surface area is 298 Å². The maximum absolute atomic E-state index is 12.0. The number of carbonyl (C=O) groups excluding carboxylic acids is 1. The van der Waals surface area contributed by atoms with Crippen molar-refractivity contribution >= 4 is 5.97 Å². The fourth-order valence-electron chi connectivity index (χ4n) is 7.14. The molecule has 0 spiro atoms. The highest BCUT2D eigenvalue weighted by molar-refractivity contribution is 5.69. The first-order valence-corrected chi connectivity index (χ1v) is 22.5. The number of rotatable bonds is 42. The summed E-state index contributed by atoms with van der Waals surface area (Å²) in [7, 11) is 0. The van der Waals surface area contributed by atoms with Gasteiger partial charge in [0.15, 0.2) is 0 Å². The summed E-state index contributed by atoms with van der Waals surface area (Å²) in [6, 6.07) is 0. The minimum Gasteiger partial charge on any atom is -0.466 e. The van der Waals surface area contributed by atoms with Gasteiger partial charge in [-0.15, -0.1) is 0 Å². The van der Waals surface area contributed by atoms with Crippen LogP contribution in [0.15, 0.2) is 0 Å². The summed E-state index contributed by atoms with van der Waals surface area (Å²) in [6.45, 7) is 5.23. The Bertz CT molecular complexity index is 558. The van der Waals surface area contributed by atoms with Crippen molar-refractivity contribution in [1.29, 1.82) is 0 Å². The van der Waals surface area contributed by atoms with E-state index >= 15 is 0 Å². The molecule has 0 aliphatic rings. The Kier molecular flexibility index (Phi) is 43.0. The zero-order valence-electron chi connectivity index (χ0n) is 33.0. The topological polar surface area (TPSA) is 26.3 Å². The molecule has 0 aliphatic carbocycles. The average molecular weight is 663 g/mol. The van der Waals surface area contributed by atoms with Gasteiger partial charge in [-0.3, -0.25) is 4.79 Å². The molecule has 0 aromatic rings. The van der Waals surface area contributed by atoms with Crippen molar-refractivity contribution in [3.8, 4) is 0 Å². The van der Waals surface area contributed by atoms with E-state index < -0.39 is 0 Å². The third-order valence-corrected chi connectivity index (χ3v) is 10.5. The lowest BCUT2D eigenvalue weighted by Gasteiger charge is -2.06. The van der Waals surface area contributed by atoms with Crippen LogP contribution < -0.4 is 0 Å². The predicted molar refractivity (Wildman–Crippen MR) is 212 cm³/mol. The van der Waals surface area contributed by atoms with Crippen LogP contribution in [0.5, 0.6) is 0 Å². The van der Waals surface area contributed by atoms with Crippen LogP contribution in [0.1, 0.15) is 277 Å². The smallest absolute Gasteiger partial charge is 0.305 e. The second kappa shape index (κ2) is 43.5. The molecule has 0 radical (unpaired) electrons. The second-order valence-corrected chi connectivity index (χ2v) is 15.4. The van der Waals surface area contributed by atoms with Crippen LogP contribution in [-0.2, 0) is 9.53 Å². The van der Waals surface area contributed by atoms with E-state index in [-0.39, 0.29) is 5.97 Å². The van der Waals surface area contributed by atoms with E-state index in [4.69, 9.17) is 4.74 Å². The Morgan fingerprint density at radius 1 is 0.277 bits per heavy atom. The first-order valence-electron chi connectivity index (χ1n) is 22.5. The first kappa shape index (κ1) is 46.5. The Morgan fingerprint density at radius 2 is 0.468 bits per heavy atom. The van der Waals surface area contributed by atoms with Gasteiger partial charge in [-0.1, -0.05) is 258 Å². The van der Waals surface area contributed by atoms with E-state index in [0.717, 1.165) is 12.8 Å². The molecule has 0 saturated carbocycles. The molecule has 0 aromatic heterocycles. The monoisotopic (exact) mass is 663 g/mol. The molecular formula is C45H90O2. The zero-order chi connectivity index (χ0) is 34.0. The number of hydrogen-bond donors (Lipinski definition) is 0. The highest BCUT2D eigenvalue weighted by atomic mass is 16.5. The second-order valence-electron chi connectivity index (χ2n) is 15.4. The molecule has 282 valence electrons. The Morgan fingerprint density at radius 3 is 0.702 bits per heavy atom. The summed E-state index contributed by atoms with van der Waals surface area (Å²) in [6.07, 6.45) is 56.4. The van der Waals surface area contributed by atoms with Crippen molar-refractivity contribution in [2.24, 2.45) is 0 Å². The molecule has 0 amide bonds. The fraction of sp³-hybridized carbons (Fsp3) is 0.978. The van der Waals surface area contributed by atoms with Crippen LogP contribution in [-0.4, -0.2) is 12.6 Å². The van der Waals surface area contributed by atoms with Crippen LogP contribution in [0.2, 0.25) is 0 Å². The van der Waals surface area contributed by atoms with Gasteiger partial charge in [0.25, 0.3) is 0 Å². The van der Waals surface area contributed by atoms with E-state index in [1.54, 1.807) is 0 Å².